The van der Waals surface area contributed by atoms with Crippen LogP contribution in [0.25, 0.3) is 17.1 Å². The van der Waals surface area contributed by atoms with Crippen LogP contribution in [0.15, 0.2) is 65.2 Å². The van der Waals surface area contributed by atoms with Gasteiger partial charge in [0.2, 0.25) is 5.89 Å². The number of carbonyl (C=O) groups excluding carboxylic acids is 1. The second-order valence-corrected chi connectivity index (χ2v) is 6.65. The molecule has 0 aliphatic carbocycles. The maximum Gasteiger partial charge on any atom is 0.338 e. The molecular weight excluding hydrogens is 384 g/mol. The summed E-state index contributed by atoms with van der Waals surface area (Å²) in [6.07, 6.45) is 1.04. The molecule has 2 aromatic carbocycles. The maximum atomic E-state index is 12.5. The van der Waals surface area contributed by atoms with E-state index in [4.69, 9.17) is 13.9 Å². The van der Waals surface area contributed by atoms with Crippen molar-refractivity contribution >= 4 is 5.97 Å². The van der Waals surface area contributed by atoms with E-state index in [9.17, 15) is 4.79 Å². The summed E-state index contributed by atoms with van der Waals surface area (Å²) in [6.45, 7) is 3.64. The third-order valence-electron chi connectivity index (χ3n) is 4.59. The SMILES string of the molecule is COc1ccc(-c2nnc([C@H](C)OC(=O)c3ccc(-n4nccc4C)cc3)o2)cc1. The highest BCUT2D eigenvalue weighted by Crippen LogP contribution is 2.25. The largest absolute Gasteiger partial charge is 0.497 e. The van der Waals surface area contributed by atoms with Gasteiger partial charge in [0.05, 0.1) is 18.4 Å². The topological polar surface area (TPSA) is 92.3 Å². The Morgan fingerprint density at radius 3 is 2.40 bits per heavy atom. The molecule has 30 heavy (non-hydrogen) atoms. The highest BCUT2D eigenvalue weighted by atomic mass is 16.6. The molecule has 0 N–H and O–H groups in total. The molecule has 0 unspecified atom stereocenters. The van der Waals surface area contributed by atoms with Crippen LogP contribution in [-0.4, -0.2) is 33.1 Å². The lowest BCUT2D eigenvalue weighted by Crippen LogP contribution is -2.10. The van der Waals surface area contributed by atoms with Crippen molar-refractivity contribution in [3.8, 4) is 22.9 Å². The van der Waals surface area contributed by atoms with Crippen LogP contribution in [0.5, 0.6) is 5.75 Å². The van der Waals surface area contributed by atoms with Crippen molar-refractivity contribution in [2.45, 2.75) is 20.0 Å². The standard InChI is InChI=1S/C22H20N4O4/c1-14-12-13-23-26(14)18-8-4-17(5-9-18)22(27)29-15(2)20-24-25-21(30-20)16-6-10-19(28-3)11-7-16/h4-13,15H,1-3H3/t15-/m0/s1. The summed E-state index contributed by atoms with van der Waals surface area (Å²) in [5.74, 6) is 0.817. The highest BCUT2D eigenvalue weighted by Gasteiger charge is 2.20. The number of aryl methyl sites for hydroxylation is 1. The van der Waals surface area contributed by atoms with Gasteiger partial charge in [-0.25, -0.2) is 9.48 Å². The van der Waals surface area contributed by atoms with Crippen LogP contribution in [0.3, 0.4) is 0 Å². The molecule has 0 bridgehead atoms. The zero-order chi connectivity index (χ0) is 21.1. The van der Waals surface area contributed by atoms with Crippen LogP contribution in [0, 0.1) is 6.92 Å². The van der Waals surface area contributed by atoms with E-state index in [1.54, 1.807) is 49.2 Å². The van der Waals surface area contributed by atoms with Gasteiger partial charge in [0, 0.05) is 17.5 Å². The van der Waals surface area contributed by atoms with Crippen LogP contribution in [0.1, 0.15) is 35.0 Å². The molecule has 1 atom stereocenters. The van der Waals surface area contributed by atoms with Crippen molar-refractivity contribution in [3.05, 3.63) is 77.9 Å². The van der Waals surface area contributed by atoms with Gasteiger partial charge in [-0.1, -0.05) is 0 Å². The normalized spacial score (nSPS) is 11.8. The molecule has 0 saturated carbocycles. The minimum absolute atomic E-state index is 0.220. The van der Waals surface area contributed by atoms with Crippen molar-refractivity contribution in [1.82, 2.24) is 20.0 Å². The summed E-state index contributed by atoms with van der Waals surface area (Å²) in [7, 11) is 1.60. The Labute approximate surface area is 173 Å². The molecule has 4 rings (SSSR count). The molecule has 0 radical (unpaired) electrons. The lowest BCUT2D eigenvalue weighted by Gasteiger charge is -2.10. The van der Waals surface area contributed by atoms with Crippen LogP contribution < -0.4 is 4.74 Å². The van der Waals surface area contributed by atoms with Gasteiger partial charge in [-0.2, -0.15) is 5.10 Å². The van der Waals surface area contributed by atoms with Crippen LogP contribution in [-0.2, 0) is 4.74 Å². The quantitative estimate of drug-likeness (QED) is 0.446. The van der Waals surface area contributed by atoms with Crippen LogP contribution >= 0.6 is 0 Å². The Morgan fingerprint density at radius 2 is 1.77 bits per heavy atom. The van der Waals surface area contributed by atoms with Gasteiger partial charge in [-0.3, -0.25) is 0 Å². The molecule has 152 valence electrons. The summed E-state index contributed by atoms with van der Waals surface area (Å²) in [6, 6.07) is 16.2. The molecule has 0 aliphatic rings. The Morgan fingerprint density at radius 1 is 1.03 bits per heavy atom. The van der Waals surface area contributed by atoms with E-state index in [-0.39, 0.29) is 5.89 Å². The molecule has 0 fully saturated rings. The fourth-order valence-corrected chi connectivity index (χ4v) is 2.91. The van der Waals surface area contributed by atoms with Gasteiger partial charge in [0.25, 0.3) is 5.89 Å². The number of rotatable bonds is 6. The second-order valence-electron chi connectivity index (χ2n) is 6.65. The Hall–Kier alpha value is -3.94. The minimum atomic E-state index is -0.690. The number of aromatic nitrogens is 4. The molecule has 2 heterocycles. The first-order valence-electron chi connectivity index (χ1n) is 9.35. The summed E-state index contributed by atoms with van der Waals surface area (Å²) in [5.41, 5.74) is 3.04. The van der Waals surface area contributed by atoms with E-state index in [0.717, 1.165) is 22.7 Å². The van der Waals surface area contributed by atoms with E-state index < -0.39 is 12.1 Å². The lowest BCUT2D eigenvalue weighted by molar-refractivity contribution is 0.0280. The van der Waals surface area contributed by atoms with E-state index >= 15 is 0 Å². The van der Waals surface area contributed by atoms with E-state index in [2.05, 4.69) is 15.3 Å². The summed E-state index contributed by atoms with van der Waals surface area (Å²) >= 11 is 0. The summed E-state index contributed by atoms with van der Waals surface area (Å²) < 4.78 is 18.1. The number of benzene rings is 2. The summed E-state index contributed by atoms with van der Waals surface area (Å²) in [4.78, 5) is 12.5. The molecule has 0 amide bonds. The van der Waals surface area contributed by atoms with Crippen molar-refractivity contribution < 1.29 is 18.7 Å². The fraction of sp³-hybridized carbons (Fsp3) is 0.182. The average Bonchev–Trinajstić information content (AvgIpc) is 3.43. The number of hydrogen-bond acceptors (Lipinski definition) is 7. The van der Waals surface area contributed by atoms with E-state index in [0.29, 0.717) is 11.5 Å². The number of esters is 1. The van der Waals surface area contributed by atoms with Gasteiger partial charge in [-0.15, -0.1) is 10.2 Å². The molecule has 0 aliphatic heterocycles. The molecule has 0 saturated heterocycles. The maximum absolute atomic E-state index is 12.5. The Balaban J connectivity index is 1.43. The Bertz CT molecular complexity index is 1150. The van der Waals surface area contributed by atoms with Gasteiger partial charge in [-0.05, 0) is 68.4 Å². The summed E-state index contributed by atoms with van der Waals surface area (Å²) in [5, 5.41) is 12.3. The van der Waals surface area contributed by atoms with E-state index in [1.165, 1.54) is 0 Å². The number of carbonyl (C=O) groups is 1. The predicted octanol–water partition coefficient (Wildman–Crippen LogP) is 4.16. The molecule has 2 aromatic heterocycles. The van der Waals surface area contributed by atoms with Crippen molar-refractivity contribution in [1.29, 1.82) is 0 Å². The van der Waals surface area contributed by atoms with Gasteiger partial charge < -0.3 is 13.9 Å². The first kappa shape index (κ1) is 19.4. The third kappa shape index (κ3) is 3.93. The van der Waals surface area contributed by atoms with Crippen molar-refractivity contribution in [2.24, 2.45) is 0 Å². The predicted molar refractivity (Wildman–Crippen MR) is 108 cm³/mol. The number of nitrogens with zero attached hydrogens (tertiary/aromatic N) is 4. The smallest absolute Gasteiger partial charge is 0.338 e. The molecule has 8 nitrogen and oxygen atoms in total. The number of ether oxygens (including phenoxy) is 2. The number of hydrogen-bond donors (Lipinski definition) is 0. The zero-order valence-electron chi connectivity index (χ0n) is 16.8. The first-order valence-corrected chi connectivity index (χ1v) is 9.35. The van der Waals surface area contributed by atoms with Crippen LogP contribution in [0.4, 0.5) is 0 Å². The van der Waals surface area contributed by atoms with E-state index in [1.807, 2.05) is 37.3 Å². The second kappa shape index (κ2) is 8.20. The molecule has 0 spiro atoms. The Kier molecular flexibility index (Phi) is 5.30. The zero-order valence-corrected chi connectivity index (χ0v) is 16.8. The average molecular weight is 404 g/mol. The van der Waals surface area contributed by atoms with Gasteiger partial charge >= 0.3 is 5.97 Å². The first-order chi connectivity index (χ1) is 14.5. The third-order valence-corrected chi connectivity index (χ3v) is 4.59. The molecule has 8 heteroatoms. The fourth-order valence-electron chi connectivity index (χ4n) is 2.91. The van der Waals surface area contributed by atoms with Crippen molar-refractivity contribution in [2.75, 3.05) is 7.11 Å². The van der Waals surface area contributed by atoms with Gasteiger partial charge in [0.15, 0.2) is 6.10 Å². The van der Waals surface area contributed by atoms with Gasteiger partial charge in [0.1, 0.15) is 5.75 Å². The molecular formula is C22H20N4O4. The molecule has 4 aromatic rings. The van der Waals surface area contributed by atoms with Crippen LogP contribution in [0.2, 0.25) is 0 Å². The highest BCUT2D eigenvalue weighted by molar-refractivity contribution is 5.89. The monoisotopic (exact) mass is 404 g/mol. The lowest BCUT2D eigenvalue weighted by atomic mass is 10.2. The number of methoxy groups -OCH3 is 1. The minimum Gasteiger partial charge on any atom is -0.497 e. The van der Waals surface area contributed by atoms with Crippen molar-refractivity contribution in [3.63, 3.8) is 0 Å².